The normalized spacial score (nSPS) is 17.9. The lowest BCUT2D eigenvalue weighted by Gasteiger charge is -2.22. The van der Waals surface area contributed by atoms with E-state index in [0.29, 0.717) is 0 Å². The van der Waals surface area contributed by atoms with Gasteiger partial charge >= 0.3 is 6.09 Å². The minimum atomic E-state index is -0.455. The van der Waals surface area contributed by atoms with Crippen molar-refractivity contribution >= 4 is 6.09 Å². The van der Waals surface area contributed by atoms with E-state index in [1.54, 1.807) is 0 Å². The molecular weight excluding hydrogens is 324 g/mol. The predicted molar refractivity (Wildman–Crippen MR) is 105 cm³/mol. The summed E-state index contributed by atoms with van der Waals surface area (Å²) in [7, 11) is 0. The van der Waals surface area contributed by atoms with Crippen molar-refractivity contribution in [3.8, 4) is 11.1 Å². The third kappa shape index (κ3) is 5.33. The number of hydrogen-bond acceptors (Lipinski definition) is 3. The summed E-state index contributed by atoms with van der Waals surface area (Å²) in [4.78, 5) is 14.3. The van der Waals surface area contributed by atoms with E-state index in [1.165, 1.54) is 16.7 Å². The van der Waals surface area contributed by atoms with Gasteiger partial charge in [-0.25, -0.2) is 4.79 Å². The molecule has 1 heterocycles. The smallest absolute Gasteiger partial charge is 0.407 e. The van der Waals surface area contributed by atoms with Crippen LogP contribution in [0.3, 0.4) is 0 Å². The van der Waals surface area contributed by atoms with Crippen molar-refractivity contribution in [1.29, 1.82) is 0 Å². The number of amides is 1. The van der Waals surface area contributed by atoms with Gasteiger partial charge in [-0.3, -0.25) is 4.90 Å². The minimum Gasteiger partial charge on any atom is -0.444 e. The summed E-state index contributed by atoms with van der Waals surface area (Å²) in [5, 5.41) is 2.98. The highest BCUT2D eigenvalue weighted by molar-refractivity contribution is 5.68. The Morgan fingerprint density at radius 1 is 1.08 bits per heavy atom. The van der Waals surface area contributed by atoms with Crippen LogP contribution < -0.4 is 5.32 Å². The van der Waals surface area contributed by atoms with Gasteiger partial charge < -0.3 is 10.1 Å². The molecule has 0 aliphatic carbocycles. The average molecular weight is 352 g/mol. The third-order valence-electron chi connectivity index (χ3n) is 4.46. The Hall–Kier alpha value is -2.33. The van der Waals surface area contributed by atoms with Crippen LogP contribution in [0.5, 0.6) is 0 Å². The fraction of sp³-hybridized carbons (Fsp3) is 0.409. The molecule has 1 aliphatic rings. The molecule has 0 spiro atoms. The molecule has 0 aromatic heterocycles. The summed E-state index contributed by atoms with van der Waals surface area (Å²) in [6.07, 6.45) is 0.637. The third-order valence-corrected chi connectivity index (χ3v) is 4.46. The van der Waals surface area contributed by atoms with Gasteiger partial charge in [0.25, 0.3) is 0 Å². The summed E-state index contributed by atoms with van der Waals surface area (Å²) in [6.45, 7) is 8.40. The lowest BCUT2D eigenvalue weighted by molar-refractivity contribution is 0.0506. The van der Waals surface area contributed by atoms with E-state index in [-0.39, 0.29) is 12.1 Å². The molecule has 0 bridgehead atoms. The van der Waals surface area contributed by atoms with Gasteiger partial charge in [-0.2, -0.15) is 0 Å². The van der Waals surface area contributed by atoms with Crippen molar-refractivity contribution in [3.63, 3.8) is 0 Å². The Bertz CT molecular complexity index is 720. The molecule has 0 saturated carbocycles. The van der Waals surface area contributed by atoms with E-state index < -0.39 is 5.60 Å². The molecule has 1 atom stereocenters. The number of likely N-dealkylation sites (tertiary alicyclic amines) is 1. The van der Waals surface area contributed by atoms with E-state index in [4.69, 9.17) is 4.74 Å². The quantitative estimate of drug-likeness (QED) is 0.884. The number of rotatable bonds is 4. The molecule has 3 rings (SSSR count). The second-order valence-electron chi connectivity index (χ2n) is 7.93. The number of hydrogen-bond donors (Lipinski definition) is 1. The van der Waals surface area contributed by atoms with Crippen LogP contribution in [0.1, 0.15) is 32.8 Å². The number of carbonyl (C=O) groups is 1. The summed E-state index contributed by atoms with van der Waals surface area (Å²) in [6, 6.07) is 19.3. The molecule has 1 aliphatic heterocycles. The van der Waals surface area contributed by atoms with Gasteiger partial charge in [-0.05, 0) is 43.9 Å². The Kier molecular flexibility index (Phi) is 5.62. The highest BCUT2D eigenvalue weighted by atomic mass is 16.6. The average Bonchev–Trinajstić information content (AvgIpc) is 3.01. The maximum absolute atomic E-state index is 11.9. The fourth-order valence-electron chi connectivity index (χ4n) is 3.26. The molecule has 1 amide bonds. The molecule has 1 N–H and O–H groups in total. The number of carbonyl (C=O) groups excluding carboxylic acids is 1. The molecule has 26 heavy (non-hydrogen) atoms. The van der Waals surface area contributed by atoms with Crippen LogP contribution in [0.25, 0.3) is 11.1 Å². The van der Waals surface area contributed by atoms with Crippen molar-refractivity contribution in [2.75, 3.05) is 13.1 Å². The first-order chi connectivity index (χ1) is 12.4. The van der Waals surface area contributed by atoms with E-state index in [9.17, 15) is 4.79 Å². The van der Waals surface area contributed by atoms with Crippen molar-refractivity contribution in [2.24, 2.45) is 0 Å². The molecule has 0 unspecified atom stereocenters. The van der Waals surface area contributed by atoms with Crippen molar-refractivity contribution in [2.45, 2.75) is 45.4 Å². The number of nitrogens with one attached hydrogen (secondary N) is 1. The second-order valence-corrected chi connectivity index (χ2v) is 7.93. The lowest BCUT2D eigenvalue weighted by atomic mass is 10.0. The van der Waals surface area contributed by atoms with E-state index in [1.807, 2.05) is 26.8 Å². The Balaban J connectivity index is 1.50. The number of ether oxygens (including phenoxy) is 1. The zero-order valence-electron chi connectivity index (χ0n) is 15.9. The van der Waals surface area contributed by atoms with Crippen LogP contribution in [-0.2, 0) is 11.3 Å². The van der Waals surface area contributed by atoms with E-state index >= 15 is 0 Å². The standard InChI is InChI=1S/C22H28N2O2/c1-22(2,3)26-21(25)23-20-13-14-24(16-20)15-17-9-11-19(12-10-17)18-7-5-4-6-8-18/h4-12,20H,13-16H2,1-3H3,(H,23,25)/t20-/m1/s1. The van der Waals surface area contributed by atoms with Crippen molar-refractivity contribution in [3.05, 3.63) is 60.2 Å². The van der Waals surface area contributed by atoms with E-state index in [2.05, 4.69) is 58.7 Å². The first-order valence-corrected chi connectivity index (χ1v) is 9.25. The van der Waals surface area contributed by atoms with E-state index in [0.717, 1.165) is 26.1 Å². The van der Waals surface area contributed by atoms with Gasteiger partial charge in [0, 0.05) is 25.7 Å². The molecular formula is C22H28N2O2. The summed E-state index contributed by atoms with van der Waals surface area (Å²) >= 11 is 0. The lowest BCUT2D eigenvalue weighted by Crippen LogP contribution is -2.40. The summed E-state index contributed by atoms with van der Waals surface area (Å²) in [5.41, 5.74) is 3.31. The Morgan fingerprint density at radius 3 is 2.38 bits per heavy atom. The minimum absolute atomic E-state index is 0.161. The zero-order valence-corrected chi connectivity index (χ0v) is 15.9. The first-order valence-electron chi connectivity index (χ1n) is 9.25. The number of benzene rings is 2. The molecule has 4 heteroatoms. The highest BCUT2D eigenvalue weighted by Gasteiger charge is 2.26. The van der Waals surface area contributed by atoms with Crippen LogP contribution in [0.2, 0.25) is 0 Å². The molecule has 2 aromatic carbocycles. The Labute approximate surface area is 156 Å². The predicted octanol–water partition coefficient (Wildman–Crippen LogP) is 4.45. The van der Waals surface area contributed by atoms with Gasteiger partial charge in [0.05, 0.1) is 0 Å². The van der Waals surface area contributed by atoms with Crippen molar-refractivity contribution < 1.29 is 9.53 Å². The first kappa shape index (κ1) is 18.5. The maximum atomic E-state index is 11.9. The van der Waals surface area contributed by atoms with Crippen LogP contribution in [0.4, 0.5) is 4.79 Å². The van der Waals surface area contributed by atoms with Gasteiger partial charge in [-0.1, -0.05) is 54.6 Å². The SMILES string of the molecule is CC(C)(C)OC(=O)N[C@@H]1CCN(Cc2ccc(-c3ccccc3)cc2)C1. The fourth-order valence-corrected chi connectivity index (χ4v) is 3.26. The van der Waals surface area contributed by atoms with Crippen LogP contribution >= 0.6 is 0 Å². The Morgan fingerprint density at radius 2 is 1.73 bits per heavy atom. The maximum Gasteiger partial charge on any atom is 0.407 e. The largest absolute Gasteiger partial charge is 0.444 e. The molecule has 1 saturated heterocycles. The monoisotopic (exact) mass is 352 g/mol. The molecule has 4 nitrogen and oxygen atoms in total. The summed E-state index contributed by atoms with van der Waals surface area (Å²) < 4.78 is 5.34. The van der Waals surface area contributed by atoms with Crippen LogP contribution in [0, 0.1) is 0 Å². The molecule has 138 valence electrons. The van der Waals surface area contributed by atoms with Gasteiger partial charge in [0.1, 0.15) is 5.60 Å². The van der Waals surface area contributed by atoms with Crippen LogP contribution in [-0.4, -0.2) is 35.7 Å². The second kappa shape index (κ2) is 7.92. The zero-order chi connectivity index (χ0) is 18.6. The van der Waals surface area contributed by atoms with Crippen LogP contribution in [0.15, 0.2) is 54.6 Å². The van der Waals surface area contributed by atoms with Crippen molar-refractivity contribution in [1.82, 2.24) is 10.2 Å². The molecule has 2 aromatic rings. The molecule has 1 fully saturated rings. The topological polar surface area (TPSA) is 41.6 Å². The van der Waals surface area contributed by atoms with Gasteiger partial charge in [0.2, 0.25) is 0 Å². The number of nitrogens with zero attached hydrogens (tertiary/aromatic N) is 1. The van der Waals surface area contributed by atoms with Gasteiger partial charge in [0.15, 0.2) is 0 Å². The number of alkyl carbamates (subject to hydrolysis) is 1. The highest BCUT2D eigenvalue weighted by Crippen LogP contribution is 2.21. The summed E-state index contributed by atoms with van der Waals surface area (Å²) in [5.74, 6) is 0. The molecule has 0 radical (unpaired) electrons. The van der Waals surface area contributed by atoms with Gasteiger partial charge in [-0.15, -0.1) is 0 Å².